The van der Waals surface area contributed by atoms with Crippen LogP contribution in [0, 0.1) is 0 Å². The Labute approximate surface area is 160 Å². The summed E-state index contributed by atoms with van der Waals surface area (Å²) in [4.78, 5) is 17.5. The van der Waals surface area contributed by atoms with E-state index in [0.717, 1.165) is 38.5 Å². The summed E-state index contributed by atoms with van der Waals surface area (Å²) < 4.78 is 8.75. The van der Waals surface area contributed by atoms with Gasteiger partial charge in [-0.05, 0) is 35.9 Å². The van der Waals surface area contributed by atoms with Gasteiger partial charge in [0.25, 0.3) is 5.56 Å². The number of ether oxygens (including phenoxy) is 1. The van der Waals surface area contributed by atoms with Crippen molar-refractivity contribution in [2.24, 2.45) is 7.05 Å². The molecule has 0 radical (unpaired) electrons. The van der Waals surface area contributed by atoms with Crippen LogP contribution in [0.15, 0.2) is 65.7 Å². The SMILES string of the molecule is COc1ccc2c3cnn(Cc4ccc5ncccc5c4)c(=O)c3n(C)c2c1. The number of aromatic nitrogens is 4. The molecular formula is C22H18N4O2. The maximum absolute atomic E-state index is 13.2. The van der Waals surface area contributed by atoms with Gasteiger partial charge in [0.1, 0.15) is 11.3 Å². The van der Waals surface area contributed by atoms with E-state index in [1.165, 1.54) is 4.68 Å². The highest BCUT2D eigenvalue weighted by molar-refractivity contribution is 6.07. The first-order valence-electron chi connectivity index (χ1n) is 9.01. The van der Waals surface area contributed by atoms with Crippen molar-refractivity contribution in [3.63, 3.8) is 0 Å². The van der Waals surface area contributed by atoms with Crippen LogP contribution in [-0.4, -0.2) is 26.4 Å². The summed E-state index contributed by atoms with van der Waals surface area (Å²) in [5, 5.41) is 7.32. The quantitative estimate of drug-likeness (QED) is 0.488. The normalized spacial score (nSPS) is 11.5. The van der Waals surface area contributed by atoms with Crippen molar-refractivity contribution in [1.82, 2.24) is 19.3 Å². The van der Waals surface area contributed by atoms with Crippen molar-refractivity contribution in [3.05, 3.63) is 76.8 Å². The molecule has 0 N–H and O–H groups in total. The van der Waals surface area contributed by atoms with Crippen LogP contribution >= 0.6 is 0 Å². The molecule has 0 saturated heterocycles. The molecule has 5 aromatic rings. The van der Waals surface area contributed by atoms with Gasteiger partial charge in [-0.15, -0.1) is 0 Å². The van der Waals surface area contributed by atoms with E-state index in [1.807, 2.05) is 60.1 Å². The van der Waals surface area contributed by atoms with Gasteiger partial charge < -0.3 is 9.30 Å². The van der Waals surface area contributed by atoms with Crippen molar-refractivity contribution >= 4 is 32.7 Å². The van der Waals surface area contributed by atoms with Crippen molar-refractivity contribution in [1.29, 1.82) is 0 Å². The third kappa shape index (κ3) is 2.45. The molecule has 3 aromatic heterocycles. The van der Waals surface area contributed by atoms with E-state index in [1.54, 1.807) is 19.5 Å². The van der Waals surface area contributed by atoms with Crippen LogP contribution in [-0.2, 0) is 13.6 Å². The van der Waals surface area contributed by atoms with Crippen LogP contribution in [0.5, 0.6) is 5.75 Å². The number of benzene rings is 2. The molecule has 6 nitrogen and oxygen atoms in total. The average molecular weight is 370 g/mol. The fourth-order valence-electron chi connectivity index (χ4n) is 3.77. The number of nitrogens with zero attached hydrogens (tertiary/aromatic N) is 4. The molecule has 0 atom stereocenters. The average Bonchev–Trinajstić information content (AvgIpc) is 3.02. The summed E-state index contributed by atoms with van der Waals surface area (Å²) in [6.07, 6.45) is 3.55. The minimum absolute atomic E-state index is 0.110. The monoisotopic (exact) mass is 370 g/mol. The second kappa shape index (κ2) is 6.20. The van der Waals surface area contributed by atoms with Crippen molar-refractivity contribution in [3.8, 4) is 5.75 Å². The standard InChI is InChI=1S/C22H18N4O2/c1-25-20-11-16(28-2)6-7-17(20)18-12-24-26(22(27)21(18)25)13-14-5-8-19-15(10-14)4-3-9-23-19/h3-12H,13H2,1-2H3. The molecule has 6 heteroatoms. The highest BCUT2D eigenvalue weighted by atomic mass is 16.5. The summed E-state index contributed by atoms with van der Waals surface area (Å²) in [7, 11) is 3.54. The van der Waals surface area contributed by atoms with Gasteiger partial charge in [-0.1, -0.05) is 12.1 Å². The molecule has 0 saturated carbocycles. The highest BCUT2D eigenvalue weighted by Crippen LogP contribution is 2.28. The van der Waals surface area contributed by atoms with E-state index in [0.29, 0.717) is 12.1 Å². The fraction of sp³-hybridized carbons (Fsp3) is 0.136. The van der Waals surface area contributed by atoms with Crippen LogP contribution in [0.4, 0.5) is 0 Å². The molecule has 28 heavy (non-hydrogen) atoms. The molecule has 0 spiro atoms. The Morgan fingerprint density at radius 1 is 1.07 bits per heavy atom. The molecule has 138 valence electrons. The number of pyridine rings is 1. The van der Waals surface area contributed by atoms with Gasteiger partial charge in [0.2, 0.25) is 0 Å². The molecule has 0 unspecified atom stereocenters. The fourth-order valence-corrected chi connectivity index (χ4v) is 3.77. The van der Waals surface area contributed by atoms with Gasteiger partial charge in [-0.25, -0.2) is 4.68 Å². The van der Waals surface area contributed by atoms with Crippen LogP contribution in [0.1, 0.15) is 5.56 Å². The first-order valence-corrected chi connectivity index (χ1v) is 9.01. The number of rotatable bonds is 3. The predicted molar refractivity (Wildman–Crippen MR) is 110 cm³/mol. The van der Waals surface area contributed by atoms with Crippen LogP contribution in [0.2, 0.25) is 0 Å². The van der Waals surface area contributed by atoms with E-state index >= 15 is 0 Å². The summed E-state index contributed by atoms with van der Waals surface area (Å²) in [6, 6.07) is 15.7. The molecule has 0 bridgehead atoms. The lowest BCUT2D eigenvalue weighted by molar-refractivity contribution is 0.415. The molecule has 5 rings (SSSR count). The van der Waals surface area contributed by atoms with Gasteiger partial charge >= 0.3 is 0 Å². The Hall–Kier alpha value is -3.67. The molecule has 2 aromatic carbocycles. The number of aryl methyl sites for hydroxylation is 1. The second-order valence-corrected chi connectivity index (χ2v) is 6.84. The molecule has 0 amide bonds. The molecule has 0 fully saturated rings. The maximum Gasteiger partial charge on any atom is 0.291 e. The van der Waals surface area contributed by atoms with Crippen LogP contribution < -0.4 is 10.3 Å². The first-order chi connectivity index (χ1) is 13.7. The van der Waals surface area contributed by atoms with Crippen LogP contribution in [0.3, 0.4) is 0 Å². The number of fused-ring (bicyclic) bond motifs is 4. The van der Waals surface area contributed by atoms with E-state index in [-0.39, 0.29) is 5.56 Å². The minimum Gasteiger partial charge on any atom is -0.497 e. The molecule has 0 aliphatic carbocycles. The van der Waals surface area contributed by atoms with E-state index < -0.39 is 0 Å². The van der Waals surface area contributed by atoms with Gasteiger partial charge in [-0.3, -0.25) is 9.78 Å². The van der Waals surface area contributed by atoms with Crippen molar-refractivity contribution in [2.75, 3.05) is 7.11 Å². The first kappa shape index (κ1) is 16.5. The largest absolute Gasteiger partial charge is 0.497 e. The molecule has 3 heterocycles. The Bertz CT molecular complexity index is 1420. The Balaban J connectivity index is 1.65. The molecule has 0 aliphatic rings. The zero-order chi connectivity index (χ0) is 19.3. The molecular weight excluding hydrogens is 352 g/mol. The summed E-state index contributed by atoms with van der Waals surface area (Å²) in [5.74, 6) is 0.761. The number of methoxy groups -OCH3 is 1. The van der Waals surface area contributed by atoms with Gasteiger partial charge in [0, 0.05) is 35.5 Å². The van der Waals surface area contributed by atoms with Crippen LogP contribution in [0.25, 0.3) is 32.7 Å². The summed E-state index contributed by atoms with van der Waals surface area (Å²) in [6.45, 7) is 0.407. The number of hydrogen-bond donors (Lipinski definition) is 0. The van der Waals surface area contributed by atoms with Gasteiger partial charge in [0.15, 0.2) is 0 Å². The molecule has 0 aliphatic heterocycles. The lowest BCUT2D eigenvalue weighted by Crippen LogP contribution is -2.24. The summed E-state index contributed by atoms with van der Waals surface area (Å²) in [5.41, 5.74) is 3.42. The topological polar surface area (TPSA) is 61.9 Å². The minimum atomic E-state index is -0.110. The zero-order valence-corrected chi connectivity index (χ0v) is 15.6. The highest BCUT2D eigenvalue weighted by Gasteiger charge is 2.15. The predicted octanol–water partition coefficient (Wildman–Crippen LogP) is 3.49. The Morgan fingerprint density at radius 3 is 2.82 bits per heavy atom. The van der Waals surface area contributed by atoms with E-state index in [9.17, 15) is 4.79 Å². The lowest BCUT2D eigenvalue weighted by Gasteiger charge is -2.07. The second-order valence-electron chi connectivity index (χ2n) is 6.84. The van der Waals surface area contributed by atoms with Crippen molar-refractivity contribution in [2.45, 2.75) is 6.54 Å². The van der Waals surface area contributed by atoms with Gasteiger partial charge in [-0.2, -0.15) is 5.10 Å². The smallest absolute Gasteiger partial charge is 0.291 e. The van der Waals surface area contributed by atoms with E-state index in [4.69, 9.17) is 4.74 Å². The lowest BCUT2D eigenvalue weighted by atomic mass is 10.1. The zero-order valence-electron chi connectivity index (χ0n) is 15.6. The van der Waals surface area contributed by atoms with Crippen molar-refractivity contribution < 1.29 is 4.74 Å². The third-order valence-electron chi connectivity index (χ3n) is 5.21. The summed E-state index contributed by atoms with van der Waals surface area (Å²) >= 11 is 0. The van der Waals surface area contributed by atoms with Gasteiger partial charge in [0.05, 0.1) is 30.9 Å². The maximum atomic E-state index is 13.2. The Morgan fingerprint density at radius 2 is 1.96 bits per heavy atom. The van der Waals surface area contributed by atoms with E-state index in [2.05, 4.69) is 10.1 Å². The Kier molecular flexibility index (Phi) is 3.65. The third-order valence-corrected chi connectivity index (χ3v) is 5.21. The number of hydrogen-bond acceptors (Lipinski definition) is 4.